The van der Waals surface area contributed by atoms with Gasteiger partial charge in [-0.15, -0.1) is 0 Å². The molecule has 64 valence electrons. The summed E-state index contributed by atoms with van der Waals surface area (Å²) in [5, 5.41) is 0. The second kappa shape index (κ2) is 3.41. The smallest absolute Gasteiger partial charge is 0.171 e. The molecule has 0 saturated carbocycles. The Kier molecular flexibility index (Phi) is 3.66. The number of hydrogen-bond acceptors (Lipinski definition) is 0. The van der Waals surface area contributed by atoms with Crippen LogP contribution in [0.2, 0.25) is 0 Å². The fraction of sp³-hybridized carbons (Fsp3) is 1.00. The molecule has 0 spiro atoms. The molecule has 0 aromatic rings. The predicted molar refractivity (Wildman–Crippen MR) is 40.8 cm³/mol. The van der Waals surface area contributed by atoms with Crippen molar-refractivity contribution in [1.29, 1.82) is 0 Å². The van der Waals surface area contributed by atoms with Gasteiger partial charge in [0.15, 0.2) is 0 Å². The van der Waals surface area contributed by atoms with Crippen molar-refractivity contribution in [1.82, 2.24) is 0 Å². The minimum absolute atomic E-state index is 0.181. The van der Waals surface area contributed by atoms with Crippen LogP contribution in [0.3, 0.4) is 0 Å². The largest absolute Gasteiger partial charge is 0.389 e. The molecule has 6 heteroatoms. The lowest BCUT2D eigenvalue weighted by molar-refractivity contribution is -0.129. The van der Waals surface area contributed by atoms with E-state index in [1.54, 1.807) is 0 Å². The molecule has 0 radical (unpaired) electrons. The zero-order valence-electron chi connectivity index (χ0n) is 5.21. The Hall–Kier alpha value is 0.720. The van der Waals surface area contributed by atoms with Gasteiger partial charge < -0.3 is 0 Å². The maximum atomic E-state index is 11.5. The molecular formula is C4H7Cl2F3S. The zero-order chi connectivity index (χ0) is 8.41. The van der Waals surface area contributed by atoms with E-state index in [1.807, 2.05) is 0 Å². The first-order chi connectivity index (χ1) is 4.21. The molecule has 0 aliphatic heterocycles. The van der Waals surface area contributed by atoms with E-state index < -0.39 is 21.1 Å². The first-order valence-corrected chi connectivity index (χ1v) is 6.29. The first kappa shape index (κ1) is 10.7. The van der Waals surface area contributed by atoms with Crippen LogP contribution >= 0.6 is 29.8 Å². The number of hydrogen-bond donors (Lipinski definition) is 0. The third-order valence-electron chi connectivity index (χ3n) is 0.744. The van der Waals surface area contributed by atoms with Crippen LogP contribution in [0, 0.1) is 0 Å². The van der Waals surface area contributed by atoms with Crippen molar-refractivity contribution in [3.05, 3.63) is 0 Å². The molecule has 0 amide bonds. The molecule has 0 fully saturated rings. The Bertz CT molecular complexity index is 92.1. The van der Waals surface area contributed by atoms with Gasteiger partial charge in [-0.3, -0.25) is 0 Å². The molecule has 0 heterocycles. The summed E-state index contributed by atoms with van der Waals surface area (Å²) in [6.45, 7) is 0. The molecular weight excluding hydrogens is 208 g/mol. The molecule has 0 unspecified atom stereocenters. The van der Waals surface area contributed by atoms with E-state index in [1.165, 1.54) is 6.26 Å². The highest BCUT2D eigenvalue weighted by Crippen LogP contribution is 2.55. The lowest BCUT2D eigenvalue weighted by atomic mass is 10.5. The van der Waals surface area contributed by atoms with Gasteiger partial charge in [-0.1, -0.05) is 29.8 Å². The van der Waals surface area contributed by atoms with Crippen LogP contribution in [0.15, 0.2) is 0 Å². The average molecular weight is 215 g/mol. The summed E-state index contributed by atoms with van der Waals surface area (Å²) in [5.74, 6) is -0.181. The van der Waals surface area contributed by atoms with Gasteiger partial charge in [0.05, 0.1) is 6.42 Å². The second-order valence-electron chi connectivity index (χ2n) is 1.94. The van der Waals surface area contributed by atoms with Crippen LogP contribution in [0.5, 0.6) is 0 Å². The summed E-state index contributed by atoms with van der Waals surface area (Å²) in [6, 6.07) is 0. The van der Waals surface area contributed by atoms with E-state index in [2.05, 4.69) is 0 Å². The van der Waals surface area contributed by atoms with Crippen molar-refractivity contribution in [2.45, 2.75) is 12.6 Å². The van der Waals surface area contributed by atoms with Gasteiger partial charge in [0.1, 0.15) is 0 Å². The fourth-order valence-electron chi connectivity index (χ4n) is 0.295. The molecule has 0 bridgehead atoms. The standard InChI is InChI=1S/C4H7Cl2F3S/c1-10(5,6)3-2-4(7,8)9/h2-3H2,1H3. The highest BCUT2D eigenvalue weighted by molar-refractivity contribution is 8.65. The van der Waals surface area contributed by atoms with Crippen molar-refractivity contribution < 1.29 is 13.2 Å². The van der Waals surface area contributed by atoms with Gasteiger partial charge in [-0.25, -0.2) is 0 Å². The maximum absolute atomic E-state index is 11.5. The van der Waals surface area contributed by atoms with Crippen LogP contribution in [0.4, 0.5) is 13.2 Å². The minimum Gasteiger partial charge on any atom is -0.171 e. The highest BCUT2D eigenvalue weighted by atomic mass is 36.0. The van der Waals surface area contributed by atoms with E-state index in [9.17, 15) is 13.2 Å². The molecule has 0 atom stereocenters. The van der Waals surface area contributed by atoms with Crippen LogP contribution < -0.4 is 0 Å². The van der Waals surface area contributed by atoms with Gasteiger partial charge in [0, 0.05) is 5.75 Å². The molecule has 0 N–H and O–H groups in total. The number of rotatable bonds is 2. The second-order valence-corrected chi connectivity index (χ2v) is 8.66. The SMILES string of the molecule is CS(Cl)(Cl)CCC(F)(F)F. The predicted octanol–water partition coefficient (Wildman–Crippen LogP) is 3.68. The summed E-state index contributed by atoms with van der Waals surface area (Å²) in [4.78, 5) is 0. The molecule has 0 aromatic carbocycles. The fourth-order valence-corrected chi connectivity index (χ4v) is 1.35. The van der Waals surface area contributed by atoms with Crippen molar-refractivity contribution in [2.24, 2.45) is 0 Å². The minimum atomic E-state index is -4.14. The Morgan fingerprint density at radius 2 is 1.70 bits per heavy atom. The van der Waals surface area contributed by atoms with E-state index in [0.717, 1.165) is 0 Å². The topological polar surface area (TPSA) is 0 Å². The number of halogens is 5. The normalized spacial score (nSPS) is 15.4. The average Bonchev–Trinajstić information content (AvgIpc) is 1.57. The van der Waals surface area contributed by atoms with Crippen molar-refractivity contribution in [2.75, 3.05) is 12.0 Å². The van der Waals surface area contributed by atoms with Gasteiger partial charge in [-0.2, -0.15) is 13.2 Å². The van der Waals surface area contributed by atoms with Gasteiger partial charge in [0.25, 0.3) is 0 Å². The first-order valence-electron chi connectivity index (χ1n) is 2.43. The van der Waals surface area contributed by atoms with E-state index in [4.69, 9.17) is 21.4 Å². The molecule has 0 aromatic heterocycles. The molecule has 0 rings (SSSR count). The van der Waals surface area contributed by atoms with Crippen molar-refractivity contribution in [3.63, 3.8) is 0 Å². The van der Waals surface area contributed by atoms with Gasteiger partial charge in [-0.05, 0) is 6.26 Å². The maximum Gasteiger partial charge on any atom is 0.389 e. The van der Waals surface area contributed by atoms with Crippen LogP contribution in [0.25, 0.3) is 0 Å². The third-order valence-corrected chi connectivity index (χ3v) is 2.59. The summed E-state index contributed by atoms with van der Waals surface area (Å²) in [5.41, 5.74) is 0. The Balaban J connectivity index is 3.56. The van der Waals surface area contributed by atoms with E-state index in [-0.39, 0.29) is 5.75 Å². The van der Waals surface area contributed by atoms with Crippen LogP contribution in [0.1, 0.15) is 6.42 Å². The Morgan fingerprint density at radius 3 is 1.80 bits per heavy atom. The van der Waals surface area contributed by atoms with E-state index in [0.29, 0.717) is 0 Å². The van der Waals surface area contributed by atoms with Crippen molar-refractivity contribution in [3.8, 4) is 0 Å². The van der Waals surface area contributed by atoms with Crippen LogP contribution in [-0.4, -0.2) is 18.2 Å². The molecule has 10 heavy (non-hydrogen) atoms. The summed E-state index contributed by atoms with van der Waals surface area (Å²) in [6.07, 6.45) is -3.62. The lowest BCUT2D eigenvalue weighted by Crippen LogP contribution is -2.10. The monoisotopic (exact) mass is 214 g/mol. The quantitative estimate of drug-likeness (QED) is 0.659. The zero-order valence-corrected chi connectivity index (χ0v) is 7.54. The van der Waals surface area contributed by atoms with Gasteiger partial charge >= 0.3 is 6.18 Å². The summed E-state index contributed by atoms with van der Waals surface area (Å²) < 4.78 is 34.4. The number of alkyl halides is 3. The van der Waals surface area contributed by atoms with Crippen molar-refractivity contribution >= 4 is 29.8 Å². The van der Waals surface area contributed by atoms with E-state index >= 15 is 0 Å². The summed E-state index contributed by atoms with van der Waals surface area (Å²) in [7, 11) is 8.74. The Labute approximate surface area is 68.0 Å². The third kappa shape index (κ3) is 8.72. The molecule has 0 saturated heterocycles. The lowest BCUT2D eigenvalue weighted by Gasteiger charge is -2.18. The molecule has 0 aliphatic rings. The van der Waals surface area contributed by atoms with Gasteiger partial charge in [0.2, 0.25) is 0 Å². The summed E-state index contributed by atoms with van der Waals surface area (Å²) >= 11 is 0. The highest BCUT2D eigenvalue weighted by Gasteiger charge is 2.29. The molecule has 0 nitrogen and oxygen atoms in total. The van der Waals surface area contributed by atoms with Crippen LogP contribution in [-0.2, 0) is 0 Å². The Morgan fingerprint density at radius 1 is 1.30 bits per heavy atom. The molecule has 0 aliphatic carbocycles.